The van der Waals surface area contributed by atoms with Gasteiger partial charge in [-0.3, -0.25) is 0 Å². The van der Waals surface area contributed by atoms with Crippen LogP contribution in [0.5, 0.6) is 0 Å². The Kier molecular flexibility index (Phi) is 3.79. The normalized spacial score (nSPS) is 17.7. The van der Waals surface area contributed by atoms with Gasteiger partial charge in [-0.1, -0.05) is 0 Å². The summed E-state index contributed by atoms with van der Waals surface area (Å²) in [5.41, 5.74) is 0.783. The Bertz CT molecular complexity index is 632. The zero-order valence-corrected chi connectivity index (χ0v) is 10.00. The van der Waals surface area contributed by atoms with Gasteiger partial charge in [0, 0.05) is 24.2 Å². The van der Waals surface area contributed by atoms with E-state index in [0.29, 0.717) is 11.7 Å². The molecule has 1 aliphatic rings. The molecule has 1 saturated heterocycles. The molecule has 0 radical (unpaired) electrons. The van der Waals surface area contributed by atoms with Crippen molar-refractivity contribution in [3.8, 4) is 0 Å². The summed E-state index contributed by atoms with van der Waals surface area (Å²) < 4.78 is 0. The summed E-state index contributed by atoms with van der Waals surface area (Å²) in [6.45, 7) is 3.18. The van der Waals surface area contributed by atoms with E-state index in [1.165, 1.54) is 12.6 Å². The number of carboxylic acids is 1. The molecule has 0 amide bonds. The average Bonchev–Trinajstić information content (AvgIpc) is 2.36. The van der Waals surface area contributed by atoms with Gasteiger partial charge >= 0.3 is 24.8 Å². The molecule has 1 N–H and O–H groups in total. The van der Waals surface area contributed by atoms with Crippen LogP contribution in [0.15, 0.2) is 24.4 Å². The fourth-order valence-corrected chi connectivity index (χ4v) is 2.13. The van der Waals surface area contributed by atoms with Gasteiger partial charge in [-0.15, -0.1) is 0 Å². The molecular weight excluding hydrogens is 237 g/mol. The number of aromatic nitrogens is 2. The molecule has 6 heteroatoms. The van der Waals surface area contributed by atoms with Gasteiger partial charge in [0.2, 0.25) is 0 Å². The van der Waals surface area contributed by atoms with Crippen molar-refractivity contribution in [2.45, 2.75) is 19.4 Å². The molecule has 0 aromatic carbocycles. The Morgan fingerprint density at radius 1 is 1.47 bits per heavy atom. The SMILES string of the molecule is CC1CCN1c1ccc2cc(C(=O)O)cnc2n1.[LiH]. The minimum atomic E-state index is -0.968. The van der Waals surface area contributed by atoms with Gasteiger partial charge in [0.15, 0.2) is 5.65 Å². The van der Waals surface area contributed by atoms with Crippen LogP contribution in [0.3, 0.4) is 0 Å². The second-order valence-corrected chi connectivity index (χ2v) is 4.58. The van der Waals surface area contributed by atoms with E-state index in [9.17, 15) is 4.79 Å². The molecular formula is C13H14LiN3O2. The summed E-state index contributed by atoms with van der Waals surface area (Å²) in [4.78, 5) is 21.6. The third-order valence-corrected chi connectivity index (χ3v) is 3.39. The number of hydrogen-bond donors (Lipinski definition) is 1. The summed E-state index contributed by atoms with van der Waals surface area (Å²) in [6, 6.07) is 5.92. The van der Waals surface area contributed by atoms with Crippen molar-refractivity contribution in [2.24, 2.45) is 0 Å². The number of pyridine rings is 2. The molecule has 1 fully saturated rings. The summed E-state index contributed by atoms with van der Waals surface area (Å²) >= 11 is 0. The second-order valence-electron chi connectivity index (χ2n) is 4.58. The molecule has 0 aliphatic carbocycles. The molecule has 5 nitrogen and oxygen atoms in total. The molecule has 2 aromatic heterocycles. The Morgan fingerprint density at radius 3 is 2.84 bits per heavy atom. The van der Waals surface area contributed by atoms with Crippen LogP contribution in [0.25, 0.3) is 11.0 Å². The maximum absolute atomic E-state index is 10.8. The van der Waals surface area contributed by atoms with Gasteiger partial charge in [0.05, 0.1) is 5.56 Å². The van der Waals surface area contributed by atoms with Crippen LogP contribution in [-0.2, 0) is 0 Å². The van der Waals surface area contributed by atoms with E-state index in [-0.39, 0.29) is 24.4 Å². The molecule has 0 saturated carbocycles. The van der Waals surface area contributed by atoms with Crippen molar-refractivity contribution in [1.29, 1.82) is 0 Å². The van der Waals surface area contributed by atoms with Gasteiger partial charge in [0.1, 0.15) is 5.82 Å². The molecule has 3 heterocycles. The Balaban J connectivity index is 0.00000133. The topological polar surface area (TPSA) is 66.3 Å². The number of carboxylic acid groups (broad SMARTS) is 1. The van der Waals surface area contributed by atoms with Crippen LogP contribution in [0.1, 0.15) is 23.7 Å². The van der Waals surface area contributed by atoms with Gasteiger partial charge < -0.3 is 10.0 Å². The van der Waals surface area contributed by atoms with Crippen molar-refractivity contribution < 1.29 is 9.90 Å². The predicted octanol–water partition coefficient (Wildman–Crippen LogP) is 1.28. The molecule has 19 heavy (non-hydrogen) atoms. The van der Waals surface area contributed by atoms with Crippen molar-refractivity contribution in [2.75, 3.05) is 11.4 Å². The van der Waals surface area contributed by atoms with Crippen LogP contribution in [-0.4, -0.2) is 52.5 Å². The number of aromatic carboxylic acids is 1. The van der Waals surface area contributed by atoms with Gasteiger partial charge in [0.25, 0.3) is 0 Å². The van der Waals surface area contributed by atoms with Crippen molar-refractivity contribution in [1.82, 2.24) is 9.97 Å². The van der Waals surface area contributed by atoms with Crippen LogP contribution in [0, 0.1) is 0 Å². The van der Waals surface area contributed by atoms with E-state index in [1.54, 1.807) is 6.07 Å². The predicted molar refractivity (Wildman–Crippen MR) is 75.1 cm³/mol. The van der Waals surface area contributed by atoms with Crippen molar-refractivity contribution in [3.05, 3.63) is 30.0 Å². The summed E-state index contributed by atoms with van der Waals surface area (Å²) in [5.74, 6) is -0.0540. The summed E-state index contributed by atoms with van der Waals surface area (Å²) in [6.07, 6.45) is 2.53. The first-order valence-corrected chi connectivity index (χ1v) is 5.92. The molecule has 0 bridgehead atoms. The molecule has 3 rings (SSSR count). The third-order valence-electron chi connectivity index (χ3n) is 3.39. The summed E-state index contributed by atoms with van der Waals surface area (Å²) in [5, 5.41) is 9.66. The van der Waals surface area contributed by atoms with Crippen molar-refractivity contribution in [3.63, 3.8) is 0 Å². The Labute approximate surface area is 122 Å². The van der Waals surface area contributed by atoms with Crippen LogP contribution < -0.4 is 4.90 Å². The minimum absolute atomic E-state index is 0. The first-order valence-electron chi connectivity index (χ1n) is 5.92. The van der Waals surface area contributed by atoms with Crippen LogP contribution in [0.4, 0.5) is 5.82 Å². The molecule has 94 valence electrons. The van der Waals surface area contributed by atoms with Crippen molar-refractivity contribution >= 4 is 41.7 Å². The quantitative estimate of drug-likeness (QED) is 0.814. The fourth-order valence-electron chi connectivity index (χ4n) is 2.13. The zero-order valence-electron chi connectivity index (χ0n) is 10.00. The number of anilines is 1. The van der Waals surface area contributed by atoms with E-state index in [4.69, 9.17) is 5.11 Å². The standard InChI is InChI=1S/C13H13N3O2.Li.H/c1-8-4-5-16(8)11-3-2-9-6-10(13(17)18)7-14-12(9)15-11;;/h2-3,6-8H,4-5H2,1H3,(H,17,18);;. The van der Waals surface area contributed by atoms with E-state index < -0.39 is 5.97 Å². The average molecular weight is 251 g/mol. The monoisotopic (exact) mass is 251 g/mol. The fraction of sp³-hybridized carbons (Fsp3) is 0.308. The zero-order chi connectivity index (χ0) is 12.7. The number of nitrogens with zero attached hydrogens (tertiary/aromatic N) is 3. The molecule has 2 aromatic rings. The number of fused-ring (bicyclic) bond motifs is 1. The first kappa shape index (κ1) is 13.8. The van der Waals surface area contributed by atoms with Crippen LogP contribution in [0.2, 0.25) is 0 Å². The molecule has 1 unspecified atom stereocenters. The number of carbonyl (C=O) groups is 1. The van der Waals surface area contributed by atoms with E-state index in [2.05, 4.69) is 21.8 Å². The van der Waals surface area contributed by atoms with E-state index in [1.807, 2.05) is 12.1 Å². The van der Waals surface area contributed by atoms with E-state index >= 15 is 0 Å². The number of rotatable bonds is 2. The number of hydrogen-bond acceptors (Lipinski definition) is 4. The molecule has 1 aliphatic heterocycles. The Morgan fingerprint density at radius 2 is 2.26 bits per heavy atom. The Hall–Kier alpha value is -1.57. The first-order chi connectivity index (χ1) is 8.65. The second kappa shape index (κ2) is 5.20. The maximum atomic E-state index is 10.8. The molecule has 0 spiro atoms. The summed E-state index contributed by atoms with van der Waals surface area (Å²) in [7, 11) is 0. The van der Waals surface area contributed by atoms with Gasteiger partial charge in [-0.25, -0.2) is 14.8 Å². The third kappa shape index (κ3) is 2.44. The van der Waals surface area contributed by atoms with Gasteiger partial charge in [-0.05, 0) is 31.5 Å². The van der Waals surface area contributed by atoms with Gasteiger partial charge in [-0.2, -0.15) is 0 Å². The molecule has 1 atom stereocenters. The van der Waals surface area contributed by atoms with Crippen LogP contribution >= 0.6 is 0 Å². The van der Waals surface area contributed by atoms with E-state index in [0.717, 1.165) is 17.7 Å².